The Hall–Kier alpha value is -1.61. The summed E-state index contributed by atoms with van der Waals surface area (Å²) in [5.41, 5.74) is -1.47. The number of H-pyrrole nitrogens is 1. The van der Waals surface area contributed by atoms with Crippen molar-refractivity contribution >= 4 is 28.2 Å². The zero-order valence-corrected chi connectivity index (χ0v) is 12.1. The second kappa shape index (κ2) is 6.02. The second-order valence-corrected chi connectivity index (χ2v) is 5.71. The number of nitrogens with one attached hydrogen (secondary N) is 2. The molecule has 0 radical (unpaired) electrons. The summed E-state index contributed by atoms with van der Waals surface area (Å²) in [6.07, 6.45) is 1.79. The topological polar surface area (TPSA) is 92.7 Å². The molecule has 0 fully saturated rings. The van der Waals surface area contributed by atoms with E-state index < -0.39 is 11.1 Å². The molecular formula is C10H13N5O2S2. The van der Waals surface area contributed by atoms with Crippen LogP contribution in [0.15, 0.2) is 20.9 Å². The molecule has 0 spiro atoms. The fourth-order valence-electron chi connectivity index (χ4n) is 1.33. The standard InChI is InChI=1S/C10H13N5O2S2/c1-3-11-9-12-4-6(19-9)5-18-10-13-7(16)8(17)14-15(10)2/h4H,3,5H2,1-2H3,(H,11,12)(H,14,17). The number of aryl methyl sites for hydroxylation is 1. The Morgan fingerprint density at radius 2 is 2.32 bits per heavy atom. The van der Waals surface area contributed by atoms with Crippen molar-refractivity contribution in [3.05, 3.63) is 31.8 Å². The number of hydrogen-bond acceptors (Lipinski definition) is 7. The molecule has 7 nitrogen and oxygen atoms in total. The van der Waals surface area contributed by atoms with Gasteiger partial charge in [-0.05, 0) is 6.92 Å². The summed E-state index contributed by atoms with van der Waals surface area (Å²) in [5, 5.41) is 6.89. The molecule has 2 aromatic rings. The van der Waals surface area contributed by atoms with Crippen LogP contribution in [-0.2, 0) is 12.8 Å². The van der Waals surface area contributed by atoms with Crippen LogP contribution in [0.5, 0.6) is 0 Å². The summed E-state index contributed by atoms with van der Waals surface area (Å²) in [6, 6.07) is 0. The fraction of sp³-hybridized carbons (Fsp3) is 0.400. The molecule has 102 valence electrons. The lowest BCUT2D eigenvalue weighted by Gasteiger charge is -2.04. The number of hydrogen-bond donors (Lipinski definition) is 2. The molecule has 0 saturated heterocycles. The molecule has 2 aromatic heterocycles. The Kier molecular flexibility index (Phi) is 4.38. The molecule has 0 aliphatic carbocycles. The average Bonchev–Trinajstić information content (AvgIpc) is 2.80. The van der Waals surface area contributed by atoms with Crippen LogP contribution in [0.4, 0.5) is 5.13 Å². The first-order valence-electron chi connectivity index (χ1n) is 5.59. The van der Waals surface area contributed by atoms with E-state index in [0.29, 0.717) is 10.9 Å². The van der Waals surface area contributed by atoms with E-state index in [2.05, 4.69) is 20.4 Å². The molecule has 9 heteroatoms. The Labute approximate surface area is 117 Å². The summed E-state index contributed by atoms with van der Waals surface area (Å²) < 4.78 is 1.45. The monoisotopic (exact) mass is 299 g/mol. The maximum absolute atomic E-state index is 11.2. The number of thioether (sulfide) groups is 1. The lowest BCUT2D eigenvalue weighted by molar-refractivity contribution is 0.596. The van der Waals surface area contributed by atoms with Gasteiger partial charge in [-0.25, -0.2) is 4.98 Å². The lowest BCUT2D eigenvalue weighted by Crippen LogP contribution is -2.33. The first kappa shape index (κ1) is 13.8. The van der Waals surface area contributed by atoms with Crippen molar-refractivity contribution in [3.63, 3.8) is 0 Å². The highest BCUT2D eigenvalue weighted by Gasteiger charge is 2.07. The SMILES string of the molecule is CCNc1ncc(CSc2nc(=O)c(=O)[nH]n2C)s1. The zero-order valence-electron chi connectivity index (χ0n) is 10.5. The van der Waals surface area contributed by atoms with Crippen LogP contribution in [0.25, 0.3) is 0 Å². The lowest BCUT2D eigenvalue weighted by atomic mass is 10.6. The van der Waals surface area contributed by atoms with Crippen LogP contribution in [0.2, 0.25) is 0 Å². The van der Waals surface area contributed by atoms with E-state index in [0.717, 1.165) is 16.6 Å². The first-order valence-corrected chi connectivity index (χ1v) is 7.39. The molecule has 2 rings (SSSR count). The van der Waals surface area contributed by atoms with Crippen LogP contribution >= 0.6 is 23.1 Å². The summed E-state index contributed by atoms with van der Waals surface area (Å²) in [7, 11) is 1.65. The van der Waals surface area contributed by atoms with Gasteiger partial charge in [0.2, 0.25) is 0 Å². The first-order chi connectivity index (χ1) is 9.10. The van der Waals surface area contributed by atoms with E-state index in [1.165, 1.54) is 16.4 Å². The van der Waals surface area contributed by atoms with Gasteiger partial charge in [-0.2, -0.15) is 4.98 Å². The molecule has 0 unspecified atom stereocenters. The number of aromatic nitrogens is 4. The largest absolute Gasteiger partial charge is 0.362 e. The van der Waals surface area contributed by atoms with Gasteiger partial charge in [0.15, 0.2) is 10.3 Å². The number of rotatable bonds is 5. The third-order valence-electron chi connectivity index (χ3n) is 2.17. The molecule has 0 aliphatic rings. The molecule has 0 bridgehead atoms. The van der Waals surface area contributed by atoms with Crippen LogP contribution in [0, 0.1) is 0 Å². The molecule has 2 N–H and O–H groups in total. The van der Waals surface area contributed by atoms with Crippen molar-refractivity contribution in [1.29, 1.82) is 0 Å². The zero-order chi connectivity index (χ0) is 13.8. The molecular weight excluding hydrogens is 286 g/mol. The second-order valence-electron chi connectivity index (χ2n) is 3.65. The van der Waals surface area contributed by atoms with Crippen LogP contribution in [0.1, 0.15) is 11.8 Å². The van der Waals surface area contributed by atoms with Crippen LogP contribution < -0.4 is 16.4 Å². The third-order valence-corrected chi connectivity index (χ3v) is 4.39. The highest BCUT2D eigenvalue weighted by molar-refractivity contribution is 7.98. The minimum absolute atomic E-state index is 0.475. The fourth-order valence-corrected chi connectivity index (χ4v) is 3.15. The molecule has 0 aliphatic heterocycles. The maximum atomic E-state index is 11.2. The Morgan fingerprint density at radius 1 is 1.53 bits per heavy atom. The number of nitrogens with zero attached hydrogens (tertiary/aromatic N) is 3. The van der Waals surface area contributed by atoms with Crippen molar-refractivity contribution in [2.45, 2.75) is 17.8 Å². The summed E-state index contributed by atoms with van der Waals surface area (Å²) in [4.78, 5) is 31.3. The van der Waals surface area contributed by atoms with Crippen molar-refractivity contribution in [3.8, 4) is 0 Å². The van der Waals surface area contributed by atoms with Crippen LogP contribution in [0.3, 0.4) is 0 Å². The van der Waals surface area contributed by atoms with E-state index >= 15 is 0 Å². The highest BCUT2D eigenvalue weighted by atomic mass is 32.2. The van der Waals surface area contributed by atoms with Crippen molar-refractivity contribution in [2.75, 3.05) is 11.9 Å². The van der Waals surface area contributed by atoms with Crippen molar-refractivity contribution < 1.29 is 0 Å². The predicted molar refractivity (Wildman–Crippen MR) is 75.9 cm³/mol. The van der Waals surface area contributed by atoms with Gasteiger partial charge in [0, 0.05) is 30.4 Å². The Morgan fingerprint density at radius 3 is 3.05 bits per heavy atom. The van der Waals surface area contributed by atoms with E-state index in [9.17, 15) is 9.59 Å². The summed E-state index contributed by atoms with van der Waals surface area (Å²) >= 11 is 2.94. The van der Waals surface area contributed by atoms with E-state index in [4.69, 9.17) is 0 Å². The summed E-state index contributed by atoms with van der Waals surface area (Å²) in [6.45, 7) is 2.84. The highest BCUT2D eigenvalue weighted by Crippen LogP contribution is 2.25. The predicted octanol–water partition coefficient (Wildman–Crippen LogP) is 0.649. The molecule has 0 aromatic carbocycles. The van der Waals surface area contributed by atoms with Gasteiger partial charge in [-0.1, -0.05) is 11.8 Å². The minimum Gasteiger partial charge on any atom is -0.362 e. The molecule has 2 heterocycles. The van der Waals surface area contributed by atoms with Crippen LogP contribution in [-0.4, -0.2) is 26.3 Å². The normalized spacial score (nSPS) is 10.6. The van der Waals surface area contributed by atoms with Gasteiger partial charge in [0.25, 0.3) is 0 Å². The smallest absolute Gasteiger partial charge is 0.339 e. The van der Waals surface area contributed by atoms with Crippen molar-refractivity contribution in [2.24, 2.45) is 7.05 Å². The van der Waals surface area contributed by atoms with Gasteiger partial charge < -0.3 is 5.32 Å². The number of thiazole rings is 1. The average molecular weight is 299 g/mol. The quantitative estimate of drug-likeness (QED) is 0.622. The van der Waals surface area contributed by atoms with E-state index in [-0.39, 0.29) is 0 Å². The Balaban J connectivity index is 2.07. The number of aromatic amines is 1. The molecule has 19 heavy (non-hydrogen) atoms. The molecule has 0 atom stereocenters. The van der Waals surface area contributed by atoms with E-state index in [1.807, 2.05) is 6.92 Å². The Bertz CT molecular complexity index is 675. The molecule has 0 amide bonds. The van der Waals surface area contributed by atoms with Crippen molar-refractivity contribution in [1.82, 2.24) is 19.7 Å². The molecule has 0 saturated carbocycles. The van der Waals surface area contributed by atoms with Gasteiger partial charge >= 0.3 is 11.1 Å². The van der Waals surface area contributed by atoms with Gasteiger partial charge in [-0.15, -0.1) is 11.3 Å². The third kappa shape index (κ3) is 3.44. The maximum Gasteiger partial charge on any atom is 0.339 e. The van der Waals surface area contributed by atoms with E-state index in [1.54, 1.807) is 24.6 Å². The van der Waals surface area contributed by atoms with Gasteiger partial charge in [-0.3, -0.25) is 19.4 Å². The summed E-state index contributed by atoms with van der Waals surface area (Å²) in [5.74, 6) is 0.648. The van der Waals surface area contributed by atoms with Gasteiger partial charge in [0.1, 0.15) is 0 Å². The number of anilines is 1. The minimum atomic E-state index is -0.766. The van der Waals surface area contributed by atoms with Gasteiger partial charge in [0.05, 0.1) is 0 Å².